The molecule has 0 N–H and O–H groups in total. The van der Waals surface area contributed by atoms with Crippen molar-refractivity contribution in [3.63, 3.8) is 0 Å². The minimum atomic E-state index is -1.22. The molecule has 0 heterocycles. The number of benzene rings is 1. The maximum Gasteiger partial charge on any atom is 0.130 e. The summed E-state index contributed by atoms with van der Waals surface area (Å²) in [6, 6.07) is 6.41. The third kappa shape index (κ3) is 2.78. The summed E-state index contributed by atoms with van der Waals surface area (Å²) < 4.78 is 26.1. The SMILES string of the molecule is CC1(F)C=CC(Cc2ccc(F)cc2)=CC1. The Morgan fingerprint density at radius 3 is 2.50 bits per heavy atom. The minimum absolute atomic E-state index is 0.228. The molecule has 0 radical (unpaired) electrons. The fourth-order valence-electron chi connectivity index (χ4n) is 1.72. The van der Waals surface area contributed by atoms with E-state index in [2.05, 4.69) is 0 Å². The second-order valence-corrected chi connectivity index (χ2v) is 4.40. The summed E-state index contributed by atoms with van der Waals surface area (Å²) in [4.78, 5) is 0. The maximum absolute atomic E-state index is 13.5. The first kappa shape index (κ1) is 11.1. The number of hydrogen-bond acceptors (Lipinski definition) is 0. The van der Waals surface area contributed by atoms with E-state index in [-0.39, 0.29) is 5.82 Å². The van der Waals surface area contributed by atoms with Crippen molar-refractivity contribution in [1.82, 2.24) is 0 Å². The number of hydrogen-bond donors (Lipinski definition) is 0. The van der Waals surface area contributed by atoms with Gasteiger partial charge in [-0.15, -0.1) is 0 Å². The fourth-order valence-corrected chi connectivity index (χ4v) is 1.72. The van der Waals surface area contributed by atoms with Crippen LogP contribution in [0, 0.1) is 5.82 Å². The average molecular weight is 220 g/mol. The van der Waals surface area contributed by atoms with E-state index in [1.165, 1.54) is 12.1 Å². The molecule has 0 aliphatic heterocycles. The zero-order valence-corrected chi connectivity index (χ0v) is 9.21. The van der Waals surface area contributed by atoms with Gasteiger partial charge in [0.25, 0.3) is 0 Å². The molecule has 2 rings (SSSR count). The van der Waals surface area contributed by atoms with Crippen LogP contribution >= 0.6 is 0 Å². The zero-order chi connectivity index (χ0) is 11.6. The van der Waals surface area contributed by atoms with Crippen molar-refractivity contribution >= 4 is 0 Å². The largest absolute Gasteiger partial charge is 0.239 e. The van der Waals surface area contributed by atoms with Crippen molar-refractivity contribution in [2.45, 2.75) is 25.4 Å². The number of alkyl halides is 1. The molecule has 1 aromatic rings. The molecule has 1 aromatic carbocycles. The fraction of sp³-hybridized carbons (Fsp3) is 0.286. The van der Waals surface area contributed by atoms with Crippen LogP contribution in [0.25, 0.3) is 0 Å². The molecule has 1 atom stereocenters. The predicted octanol–water partition coefficient (Wildman–Crippen LogP) is 3.98. The summed E-state index contributed by atoms with van der Waals surface area (Å²) in [6.07, 6.45) is 6.45. The van der Waals surface area contributed by atoms with Crippen LogP contribution in [0.2, 0.25) is 0 Å². The molecule has 0 nitrogen and oxygen atoms in total. The highest BCUT2D eigenvalue weighted by molar-refractivity contribution is 5.32. The van der Waals surface area contributed by atoms with Gasteiger partial charge in [-0.05, 0) is 42.7 Å². The Labute approximate surface area is 94.3 Å². The molecule has 0 aromatic heterocycles. The first-order valence-electron chi connectivity index (χ1n) is 5.37. The number of rotatable bonds is 2. The number of allylic oxidation sites excluding steroid dienone is 4. The molecule has 0 amide bonds. The van der Waals surface area contributed by atoms with E-state index >= 15 is 0 Å². The lowest BCUT2D eigenvalue weighted by molar-refractivity contribution is 0.258. The van der Waals surface area contributed by atoms with Crippen LogP contribution in [0.15, 0.2) is 48.1 Å². The molecule has 0 spiro atoms. The van der Waals surface area contributed by atoms with Crippen LogP contribution in [0.1, 0.15) is 18.9 Å². The molecule has 1 unspecified atom stereocenters. The van der Waals surface area contributed by atoms with Crippen LogP contribution in [0.5, 0.6) is 0 Å². The standard InChI is InChI=1S/C14H14F2/c1-14(16)8-6-12(7-9-14)10-11-2-4-13(15)5-3-11/h2-8H,9-10H2,1H3. The summed E-state index contributed by atoms with van der Waals surface area (Å²) in [5.41, 5.74) is 0.910. The first-order valence-corrected chi connectivity index (χ1v) is 5.37. The van der Waals surface area contributed by atoms with Gasteiger partial charge < -0.3 is 0 Å². The van der Waals surface area contributed by atoms with E-state index in [0.717, 1.165) is 17.6 Å². The quantitative estimate of drug-likeness (QED) is 0.707. The van der Waals surface area contributed by atoms with E-state index in [9.17, 15) is 8.78 Å². The molecule has 16 heavy (non-hydrogen) atoms. The van der Waals surface area contributed by atoms with Crippen LogP contribution in [0.4, 0.5) is 8.78 Å². The van der Waals surface area contributed by atoms with Gasteiger partial charge in [0.2, 0.25) is 0 Å². The van der Waals surface area contributed by atoms with Crippen LogP contribution in [-0.2, 0) is 6.42 Å². The lowest BCUT2D eigenvalue weighted by Gasteiger charge is -2.18. The second kappa shape index (κ2) is 4.20. The summed E-state index contributed by atoms with van der Waals surface area (Å²) in [5, 5.41) is 0. The van der Waals surface area contributed by atoms with Gasteiger partial charge in [-0.3, -0.25) is 0 Å². The molecule has 0 saturated heterocycles. The third-order valence-electron chi connectivity index (χ3n) is 2.73. The Hall–Kier alpha value is -1.44. The van der Waals surface area contributed by atoms with E-state index in [1.807, 2.05) is 12.2 Å². The van der Waals surface area contributed by atoms with E-state index in [1.54, 1.807) is 25.1 Å². The van der Waals surface area contributed by atoms with Gasteiger partial charge in [-0.1, -0.05) is 24.3 Å². The Kier molecular flexibility index (Phi) is 2.90. The molecule has 0 fully saturated rings. The lowest BCUT2D eigenvalue weighted by atomic mass is 9.92. The Balaban J connectivity index is 2.05. The highest BCUT2D eigenvalue weighted by Gasteiger charge is 2.20. The predicted molar refractivity (Wildman–Crippen MR) is 61.5 cm³/mol. The van der Waals surface area contributed by atoms with E-state index < -0.39 is 5.67 Å². The summed E-state index contributed by atoms with van der Waals surface area (Å²) in [6.45, 7) is 1.56. The Morgan fingerprint density at radius 2 is 1.94 bits per heavy atom. The third-order valence-corrected chi connectivity index (χ3v) is 2.73. The normalized spacial score (nSPS) is 24.3. The topological polar surface area (TPSA) is 0 Å². The summed E-state index contributed by atoms with van der Waals surface area (Å²) >= 11 is 0. The van der Waals surface area contributed by atoms with Crippen molar-refractivity contribution in [2.24, 2.45) is 0 Å². The van der Waals surface area contributed by atoms with Crippen molar-refractivity contribution in [1.29, 1.82) is 0 Å². The maximum atomic E-state index is 13.5. The van der Waals surface area contributed by atoms with Gasteiger partial charge in [0, 0.05) is 6.42 Å². The molecule has 1 aliphatic carbocycles. The average Bonchev–Trinajstić information content (AvgIpc) is 2.24. The monoisotopic (exact) mass is 220 g/mol. The highest BCUT2D eigenvalue weighted by atomic mass is 19.1. The molecule has 2 heteroatoms. The summed E-state index contributed by atoms with van der Waals surface area (Å²) in [7, 11) is 0. The second-order valence-electron chi connectivity index (χ2n) is 4.40. The minimum Gasteiger partial charge on any atom is -0.239 e. The molecule has 0 bridgehead atoms. The molecule has 84 valence electrons. The Bertz CT molecular complexity index is 425. The van der Waals surface area contributed by atoms with Gasteiger partial charge in [0.05, 0.1) is 0 Å². The zero-order valence-electron chi connectivity index (χ0n) is 9.21. The van der Waals surface area contributed by atoms with Crippen LogP contribution < -0.4 is 0 Å². The first-order chi connectivity index (χ1) is 7.55. The molecular weight excluding hydrogens is 206 g/mol. The van der Waals surface area contributed by atoms with Gasteiger partial charge in [0.15, 0.2) is 0 Å². The van der Waals surface area contributed by atoms with Crippen molar-refractivity contribution < 1.29 is 8.78 Å². The van der Waals surface area contributed by atoms with Crippen molar-refractivity contribution in [3.05, 3.63) is 59.4 Å². The van der Waals surface area contributed by atoms with Gasteiger partial charge >= 0.3 is 0 Å². The van der Waals surface area contributed by atoms with Crippen LogP contribution in [0.3, 0.4) is 0 Å². The smallest absolute Gasteiger partial charge is 0.130 e. The van der Waals surface area contributed by atoms with E-state index in [4.69, 9.17) is 0 Å². The van der Waals surface area contributed by atoms with E-state index in [0.29, 0.717) is 6.42 Å². The van der Waals surface area contributed by atoms with Gasteiger partial charge in [-0.25, -0.2) is 8.78 Å². The molecule has 1 aliphatic rings. The van der Waals surface area contributed by atoms with Crippen molar-refractivity contribution in [2.75, 3.05) is 0 Å². The molecular formula is C14H14F2. The number of halogens is 2. The van der Waals surface area contributed by atoms with Gasteiger partial charge in [0.1, 0.15) is 11.5 Å². The Morgan fingerprint density at radius 1 is 1.25 bits per heavy atom. The van der Waals surface area contributed by atoms with Gasteiger partial charge in [-0.2, -0.15) is 0 Å². The van der Waals surface area contributed by atoms with Crippen LogP contribution in [-0.4, -0.2) is 5.67 Å². The molecule has 0 saturated carbocycles. The highest BCUT2D eigenvalue weighted by Crippen LogP contribution is 2.25. The summed E-state index contributed by atoms with van der Waals surface area (Å²) in [5.74, 6) is -0.228. The lowest BCUT2D eigenvalue weighted by Crippen LogP contribution is -2.15. The van der Waals surface area contributed by atoms with Crippen molar-refractivity contribution in [3.8, 4) is 0 Å².